The Morgan fingerprint density at radius 3 is 2.70 bits per heavy atom. The largest absolute Gasteiger partial charge is 0.315 e. The second-order valence-electron chi connectivity index (χ2n) is 7.48. The quantitative estimate of drug-likeness (QED) is 0.285. The smallest absolute Gasteiger partial charge is 0.312 e. The minimum Gasteiger partial charge on any atom is -0.315 e. The summed E-state index contributed by atoms with van der Waals surface area (Å²) in [6.45, 7) is 2.58. The Morgan fingerprint density at radius 1 is 1.20 bits per heavy atom. The molecule has 0 spiro atoms. The van der Waals surface area contributed by atoms with Crippen LogP contribution in [0.2, 0.25) is 0 Å². The van der Waals surface area contributed by atoms with Crippen LogP contribution in [0.5, 0.6) is 0 Å². The Labute approximate surface area is 180 Å². The lowest BCUT2D eigenvalue weighted by molar-refractivity contribution is -0.711. The molecule has 2 heterocycles. The van der Waals surface area contributed by atoms with Crippen molar-refractivity contribution < 1.29 is 9.28 Å². The number of hydrogen-bond donors (Lipinski definition) is 0. The van der Waals surface area contributed by atoms with Crippen LogP contribution in [-0.4, -0.2) is 21.3 Å². The van der Waals surface area contributed by atoms with Crippen molar-refractivity contribution in [1.82, 2.24) is 4.57 Å². The van der Waals surface area contributed by atoms with E-state index in [9.17, 15) is 10.1 Å². The van der Waals surface area contributed by atoms with E-state index in [2.05, 4.69) is 18.0 Å². The molecule has 1 aliphatic rings. The van der Waals surface area contributed by atoms with Crippen LogP contribution in [-0.2, 0) is 11.3 Å². The molecule has 2 aromatic carbocycles. The monoisotopic (exact) mass is 417 g/mol. The zero-order valence-corrected chi connectivity index (χ0v) is 17.5. The van der Waals surface area contributed by atoms with Crippen molar-refractivity contribution in [3.63, 3.8) is 0 Å². The van der Waals surface area contributed by atoms with Gasteiger partial charge in [0, 0.05) is 29.3 Å². The van der Waals surface area contributed by atoms with Crippen LogP contribution >= 0.6 is 11.6 Å². The van der Waals surface area contributed by atoms with Gasteiger partial charge in [-0.1, -0.05) is 49.2 Å². The number of aliphatic imine (C=N–C) groups is 1. The van der Waals surface area contributed by atoms with Crippen molar-refractivity contribution in [2.24, 2.45) is 4.99 Å². The molecule has 0 bridgehead atoms. The van der Waals surface area contributed by atoms with Crippen molar-refractivity contribution in [3.05, 3.63) is 77.2 Å². The van der Waals surface area contributed by atoms with E-state index in [1.165, 1.54) is 0 Å². The summed E-state index contributed by atoms with van der Waals surface area (Å²) in [6.07, 6.45) is 7.33. The molecule has 5 nitrogen and oxygen atoms in total. The van der Waals surface area contributed by atoms with Gasteiger partial charge < -0.3 is 4.57 Å². The average Bonchev–Trinajstić information content (AvgIpc) is 3.34. The Hall–Kier alpha value is -3.20. The number of amides is 1. The molecule has 1 atom stereocenters. The van der Waals surface area contributed by atoms with Crippen LogP contribution in [0.25, 0.3) is 16.6 Å². The summed E-state index contributed by atoms with van der Waals surface area (Å²) in [5.41, 5.74) is 3.51. The summed E-state index contributed by atoms with van der Waals surface area (Å²) in [6, 6.07) is 18.0. The molecule has 150 valence electrons. The van der Waals surface area contributed by atoms with Crippen molar-refractivity contribution in [2.45, 2.75) is 32.7 Å². The first-order valence-electron chi connectivity index (χ1n) is 10.00. The zero-order valence-electron chi connectivity index (χ0n) is 16.8. The van der Waals surface area contributed by atoms with Crippen LogP contribution in [0.1, 0.15) is 37.3 Å². The lowest BCUT2D eigenvalue weighted by atomic mass is 10.1. The number of rotatable bonds is 7. The summed E-state index contributed by atoms with van der Waals surface area (Å²) >= 11 is 6.16. The van der Waals surface area contributed by atoms with E-state index in [1.54, 1.807) is 6.20 Å². The molecule has 1 aromatic heterocycles. The lowest BCUT2D eigenvalue weighted by Crippen LogP contribution is -2.44. The van der Waals surface area contributed by atoms with Crippen LogP contribution in [0, 0.1) is 11.3 Å². The number of nitrogens with zero attached hydrogens (tertiary/aromatic N) is 4. The molecule has 0 N–H and O–H groups in total. The minimum absolute atomic E-state index is 0.0171. The van der Waals surface area contributed by atoms with Crippen molar-refractivity contribution in [2.75, 3.05) is 0 Å². The number of benzene rings is 2. The summed E-state index contributed by atoms with van der Waals surface area (Å²) in [5.74, 6) is 0.788. The zero-order chi connectivity index (χ0) is 21.1. The van der Waals surface area contributed by atoms with Gasteiger partial charge in [0.1, 0.15) is 18.8 Å². The number of aromatic nitrogens is 1. The molecular weight excluding hydrogens is 396 g/mol. The van der Waals surface area contributed by atoms with Gasteiger partial charge in [-0.05, 0) is 30.7 Å². The number of unbranched alkanes of at least 4 members (excludes halogenated alkanes) is 1. The molecule has 0 saturated carbocycles. The second-order valence-corrected chi connectivity index (χ2v) is 7.87. The molecule has 0 aliphatic carbocycles. The first kappa shape index (κ1) is 20.1. The van der Waals surface area contributed by atoms with Crippen LogP contribution in [0.3, 0.4) is 0 Å². The maximum Gasteiger partial charge on any atom is 0.312 e. The fraction of sp³-hybridized carbons (Fsp3) is 0.208. The van der Waals surface area contributed by atoms with E-state index < -0.39 is 0 Å². The maximum absolute atomic E-state index is 12.1. The summed E-state index contributed by atoms with van der Waals surface area (Å²) in [5, 5.41) is 10.9. The van der Waals surface area contributed by atoms with Gasteiger partial charge in [0.25, 0.3) is 0 Å². The van der Waals surface area contributed by atoms with Crippen LogP contribution in [0.15, 0.2) is 71.1 Å². The molecule has 0 saturated heterocycles. The third-order valence-corrected chi connectivity index (χ3v) is 5.67. The normalized spacial score (nSPS) is 18.2. The molecule has 6 heteroatoms. The Morgan fingerprint density at radius 2 is 2.00 bits per heavy atom. The third-order valence-electron chi connectivity index (χ3n) is 5.49. The fourth-order valence-corrected chi connectivity index (χ4v) is 4.21. The number of para-hydroxylation sites is 1. The fourth-order valence-electron chi connectivity index (χ4n) is 3.94. The number of hydrogen-bond acceptors (Lipinski definition) is 3. The molecule has 3 aromatic rings. The van der Waals surface area contributed by atoms with Crippen LogP contribution in [0.4, 0.5) is 0 Å². The van der Waals surface area contributed by atoms with Gasteiger partial charge in [-0.3, -0.25) is 0 Å². The Bertz CT molecular complexity index is 1200. The number of carbonyl (C=O) groups is 1. The first-order chi connectivity index (χ1) is 14.6. The number of carbonyl (C=O) groups excluding carboxylic acids is 1. The first-order valence-corrected chi connectivity index (χ1v) is 10.4. The third kappa shape index (κ3) is 3.56. The van der Waals surface area contributed by atoms with E-state index in [0.717, 1.165) is 53.7 Å². The van der Waals surface area contributed by atoms with Gasteiger partial charge in [-0.15, -0.1) is 0 Å². The minimum atomic E-state index is 0.0171. The SMILES string of the molecule is CCCCC1=NC(Cl)=C[N+]1(C=O)Cc1ccc(-n2ccc3cccc(C#N)c32)cc1. The maximum atomic E-state index is 12.1. The second kappa shape index (κ2) is 8.27. The van der Waals surface area contributed by atoms with Gasteiger partial charge in [-0.25, -0.2) is 4.79 Å². The molecule has 1 unspecified atom stereocenters. The van der Waals surface area contributed by atoms with Gasteiger partial charge in [0.2, 0.25) is 5.84 Å². The average molecular weight is 418 g/mol. The number of halogens is 1. The topological polar surface area (TPSA) is 58.1 Å². The molecule has 0 fully saturated rings. The lowest BCUT2D eigenvalue weighted by Gasteiger charge is -2.25. The molecule has 1 amide bonds. The van der Waals surface area contributed by atoms with Gasteiger partial charge in [-0.2, -0.15) is 14.7 Å². The number of fused-ring (bicyclic) bond motifs is 1. The predicted molar refractivity (Wildman–Crippen MR) is 119 cm³/mol. The number of amidine groups is 1. The number of quaternary nitrogens is 1. The Kier molecular flexibility index (Phi) is 5.54. The standard InChI is InChI=1S/C24H22ClN4O/c1-2-3-7-23-27-22(25)16-29(23,17-30)15-18-8-10-21(11-9-18)28-13-12-19-5-4-6-20(14-26)24(19)28/h4-6,8-13,16-17H,2-3,7,15H2,1H3/q+1. The highest BCUT2D eigenvalue weighted by Gasteiger charge is 2.38. The van der Waals surface area contributed by atoms with E-state index in [4.69, 9.17) is 11.6 Å². The van der Waals surface area contributed by atoms with E-state index in [1.807, 2.05) is 59.3 Å². The molecule has 1 aliphatic heterocycles. The molecule has 30 heavy (non-hydrogen) atoms. The van der Waals surface area contributed by atoms with Gasteiger partial charge >= 0.3 is 6.41 Å². The van der Waals surface area contributed by atoms with Crippen LogP contribution < -0.4 is 0 Å². The number of nitriles is 1. The summed E-state index contributed by atoms with van der Waals surface area (Å²) in [7, 11) is 0. The Balaban J connectivity index is 1.64. The highest BCUT2D eigenvalue weighted by molar-refractivity contribution is 6.30. The predicted octanol–water partition coefficient (Wildman–Crippen LogP) is 5.62. The van der Waals surface area contributed by atoms with E-state index >= 15 is 0 Å². The van der Waals surface area contributed by atoms with E-state index in [-0.39, 0.29) is 4.48 Å². The highest BCUT2D eigenvalue weighted by atomic mass is 35.5. The summed E-state index contributed by atoms with van der Waals surface area (Å²) < 4.78 is 2.03. The molecule has 0 radical (unpaired) electrons. The van der Waals surface area contributed by atoms with Gasteiger partial charge in [0.15, 0.2) is 5.16 Å². The summed E-state index contributed by atoms with van der Waals surface area (Å²) in [4.78, 5) is 16.5. The van der Waals surface area contributed by atoms with Gasteiger partial charge in [0.05, 0.1) is 11.1 Å². The van der Waals surface area contributed by atoms with Crippen molar-refractivity contribution >= 4 is 34.7 Å². The molecular formula is C24H22ClN4O+. The van der Waals surface area contributed by atoms with Crippen molar-refractivity contribution in [3.8, 4) is 11.8 Å². The van der Waals surface area contributed by atoms with Crippen molar-refractivity contribution in [1.29, 1.82) is 5.26 Å². The molecule has 4 rings (SSSR count). The van der Waals surface area contributed by atoms with E-state index in [0.29, 0.717) is 17.3 Å². The highest BCUT2D eigenvalue weighted by Crippen LogP contribution is 2.29.